The highest BCUT2D eigenvalue weighted by Crippen LogP contribution is 2.35. The summed E-state index contributed by atoms with van der Waals surface area (Å²) in [6.07, 6.45) is 4.32. The lowest BCUT2D eigenvalue weighted by molar-refractivity contribution is -0.181. The fraction of sp³-hybridized carbons (Fsp3) is 1.00. The number of hydrazine groups is 1. The van der Waals surface area contributed by atoms with Gasteiger partial charge in [-0.15, -0.1) is 0 Å². The number of ether oxygens (including phenoxy) is 3. The summed E-state index contributed by atoms with van der Waals surface area (Å²) < 4.78 is 16.8. The molecule has 17 heavy (non-hydrogen) atoms. The van der Waals surface area contributed by atoms with Crippen molar-refractivity contribution < 1.29 is 14.2 Å². The van der Waals surface area contributed by atoms with Crippen molar-refractivity contribution >= 4 is 0 Å². The van der Waals surface area contributed by atoms with Crippen LogP contribution in [0.2, 0.25) is 0 Å². The van der Waals surface area contributed by atoms with Crippen molar-refractivity contribution in [2.45, 2.75) is 37.5 Å². The van der Waals surface area contributed by atoms with E-state index in [9.17, 15) is 0 Å². The summed E-state index contributed by atoms with van der Waals surface area (Å²) in [5.74, 6) is -0.233. The van der Waals surface area contributed by atoms with Crippen LogP contribution in [0.4, 0.5) is 0 Å². The molecular weight excluding hydrogens is 220 g/mol. The van der Waals surface area contributed by atoms with Gasteiger partial charge in [-0.1, -0.05) is 0 Å². The second-order valence-corrected chi connectivity index (χ2v) is 5.11. The number of hydrogen-bond donors (Lipinski definition) is 1. The Kier molecular flexibility index (Phi) is 3.63. The minimum Gasteiger partial charge on any atom is -0.379 e. The largest absolute Gasteiger partial charge is 0.379 e. The number of morpholine rings is 1. The molecule has 1 spiro atoms. The first-order valence-electron chi connectivity index (χ1n) is 6.73. The zero-order valence-corrected chi connectivity index (χ0v) is 10.3. The van der Waals surface area contributed by atoms with Crippen LogP contribution < -0.4 is 5.43 Å². The molecule has 0 aromatic carbocycles. The first-order valence-corrected chi connectivity index (χ1v) is 6.73. The predicted octanol–water partition coefficient (Wildman–Crippen LogP) is 0.509. The van der Waals surface area contributed by atoms with Gasteiger partial charge in [0.25, 0.3) is 0 Å². The molecule has 98 valence electrons. The molecule has 1 aliphatic carbocycles. The minimum atomic E-state index is -0.233. The third kappa shape index (κ3) is 2.80. The van der Waals surface area contributed by atoms with Crippen LogP contribution in [0.3, 0.4) is 0 Å². The van der Waals surface area contributed by atoms with E-state index in [2.05, 4.69) is 10.4 Å². The zero-order valence-electron chi connectivity index (χ0n) is 10.3. The molecule has 5 heteroatoms. The van der Waals surface area contributed by atoms with Crippen LogP contribution in [0.25, 0.3) is 0 Å². The molecule has 3 aliphatic rings. The smallest absolute Gasteiger partial charge is 0.168 e. The Labute approximate surface area is 102 Å². The van der Waals surface area contributed by atoms with E-state index >= 15 is 0 Å². The van der Waals surface area contributed by atoms with Crippen LogP contribution >= 0.6 is 0 Å². The van der Waals surface area contributed by atoms with E-state index in [1.54, 1.807) is 0 Å². The normalized spacial score (nSPS) is 31.1. The zero-order chi connectivity index (χ0) is 11.6. The van der Waals surface area contributed by atoms with Gasteiger partial charge in [0.15, 0.2) is 5.79 Å². The van der Waals surface area contributed by atoms with Gasteiger partial charge in [-0.05, 0) is 12.8 Å². The molecule has 0 radical (unpaired) electrons. The van der Waals surface area contributed by atoms with Gasteiger partial charge in [-0.3, -0.25) is 5.43 Å². The van der Waals surface area contributed by atoms with E-state index in [0.29, 0.717) is 6.04 Å². The van der Waals surface area contributed by atoms with Gasteiger partial charge < -0.3 is 14.2 Å². The van der Waals surface area contributed by atoms with Gasteiger partial charge in [0.2, 0.25) is 0 Å². The molecule has 0 amide bonds. The Bertz CT molecular complexity index is 240. The van der Waals surface area contributed by atoms with Gasteiger partial charge >= 0.3 is 0 Å². The van der Waals surface area contributed by atoms with Crippen molar-refractivity contribution in [3.05, 3.63) is 0 Å². The van der Waals surface area contributed by atoms with Crippen molar-refractivity contribution in [3.63, 3.8) is 0 Å². The van der Waals surface area contributed by atoms with E-state index < -0.39 is 0 Å². The molecular formula is C12H22N2O3. The molecule has 3 rings (SSSR count). The summed E-state index contributed by atoms with van der Waals surface area (Å²) in [5, 5.41) is 2.29. The van der Waals surface area contributed by atoms with Crippen LogP contribution in [0.15, 0.2) is 0 Å². The lowest BCUT2D eigenvalue weighted by Gasteiger charge is -2.38. The minimum absolute atomic E-state index is 0.233. The third-order valence-electron chi connectivity index (χ3n) is 3.94. The SMILES string of the molecule is C1CN(NC2CCC3(CC2)OCCO3)CCO1. The maximum absolute atomic E-state index is 5.74. The average molecular weight is 242 g/mol. The summed E-state index contributed by atoms with van der Waals surface area (Å²) in [4.78, 5) is 0. The summed E-state index contributed by atoms with van der Waals surface area (Å²) in [6.45, 7) is 5.21. The van der Waals surface area contributed by atoms with E-state index in [4.69, 9.17) is 14.2 Å². The van der Waals surface area contributed by atoms with E-state index in [-0.39, 0.29) is 5.79 Å². The van der Waals surface area contributed by atoms with E-state index in [1.165, 1.54) is 0 Å². The molecule has 2 heterocycles. The third-order valence-corrected chi connectivity index (χ3v) is 3.94. The second kappa shape index (κ2) is 5.20. The molecule has 2 saturated heterocycles. The fourth-order valence-corrected chi connectivity index (χ4v) is 2.92. The Morgan fingerprint density at radius 2 is 1.59 bits per heavy atom. The summed E-state index contributed by atoms with van der Waals surface area (Å²) in [7, 11) is 0. The van der Waals surface area contributed by atoms with Gasteiger partial charge in [0.1, 0.15) is 0 Å². The van der Waals surface area contributed by atoms with Crippen molar-refractivity contribution in [3.8, 4) is 0 Å². The molecule has 0 aromatic heterocycles. The highest BCUT2D eigenvalue weighted by atomic mass is 16.7. The second-order valence-electron chi connectivity index (χ2n) is 5.11. The van der Waals surface area contributed by atoms with Gasteiger partial charge in [0.05, 0.1) is 26.4 Å². The standard InChI is InChI=1S/C12H22N2O3/c1-3-12(16-9-10-17-12)4-2-11(1)13-14-5-7-15-8-6-14/h11,13H,1-10H2. The van der Waals surface area contributed by atoms with Crippen LogP contribution in [0.5, 0.6) is 0 Å². The predicted molar refractivity (Wildman–Crippen MR) is 62.4 cm³/mol. The first-order chi connectivity index (χ1) is 8.36. The number of nitrogens with zero attached hydrogens (tertiary/aromatic N) is 1. The monoisotopic (exact) mass is 242 g/mol. The lowest BCUT2D eigenvalue weighted by atomic mass is 9.90. The molecule has 0 aromatic rings. The quantitative estimate of drug-likeness (QED) is 0.764. The van der Waals surface area contributed by atoms with Crippen LogP contribution in [-0.2, 0) is 14.2 Å². The van der Waals surface area contributed by atoms with Crippen LogP contribution in [-0.4, -0.2) is 56.4 Å². The van der Waals surface area contributed by atoms with Crippen molar-refractivity contribution in [2.75, 3.05) is 39.5 Å². The Morgan fingerprint density at radius 3 is 2.24 bits per heavy atom. The highest BCUT2D eigenvalue weighted by molar-refractivity contribution is 4.85. The summed E-state index contributed by atoms with van der Waals surface area (Å²) in [6, 6.07) is 0.575. The molecule has 0 bridgehead atoms. The molecule has 0 atom stereocenters. The number of hydrogen-bond acceptors (Lipinski definition) is 5. The van der Waals surface area contributed by atoms with Gasteiger partial charge in [-0.25, -0.2) is 5.01 Å². The first kappa shape index (κ1) is 11.9. The molecule has 1 saturated carbocycles. The Morgan fingerprint density at radius 1 is 0.941 bits per heavy atom. The Hall–Kier alpha value is -0.200. The molecule has 2 aliphatic heterocycles. The molecule has 0 unspecified atom stereocenters. The summed E-state index contributed by atoms with van der Waals surface area (Å²) >= 11 is 0. The number of rotatable bonds is 2. The fourth-order valence-electron chi connectivity index (χ4n) is 2.92. The molecule has 5 nitrogen and oxygen atoms in total. The van der Waals surface area contributed by atoms with Crippen molar-refractivity contribution in [1.29, 1.82) is 0 Å². The van der Waals surface area contributed by atoms with Gasteiger partial charge in [-0.2, -0.15) is 0 Å². The van der Waals surface area contributed by atoms with E-state index in [1.807, 2.05) is 0 Å². The van der Waals surface area contributed by atoms with Crippen LogP contribution in [0.1, 0.15) is 25.7 Å². The topological polar surface area (TPSA) is 43.0 Å². The molecule has 1 N–H and O–H groups in total. The average Bonchev–Trinajstić information content (AvgIpc) is 2.83. The van der Waals surface area contributed by atoms with Crippen molar-refractivity contribution in [2.24, 2.45) is 0 Å². The highest BCUT2D eigenvalue weighted by Gasteiger charge is 2.40. The number of nitrogens with one attached hydrogen (secondary N) is 1. The maximum atomic E-state index is 5.74. The van der Waals surface area contributed by atoms with E-state index in [0.717, 1.165) is 65.2 Å². The maximum Gasteiger partial charge on any atom is 0.168 e. The van der Waals surface area contributed by atoms with Crippen molar-refractivity contribution in [1.82, 2.24) is 10.4 Å². The van der Waals surface area contributed by atoms with Gasteiger partial charge in [0, 0.05) is 32.0 Å². The molecule has 3 fully saturated rings. The Balaban J connectivity index is 1.44. The summed E-state index contributed by atoms with van der Waals surface area (Å²) in [5.41, 5.74) is 3.61. The lowest BCUT2D eigenvalue weighted by Crippen LogP contribution is -2.52. The van der Waals surface area contributed by atoms with Crippen LogP contribution in [0, 0.1) is 0 Å².